The van der Waals surface area contributed by atoms with Gasteiger partial charge in [0.05, 0.1) is 0 Å². The molecule has 0 atom stereocenters. The summed E-state index contributed by atoms with van der Waals surface area (Å²) in [4.78, 5) is 5.57. The highest BCUT2D eigenvalue weighted by atomic mass is 32.1. The molecule has 0 saturated carbocycles. The van der Waals surface area contributed by atoms with Crippen LogP contribution in [0.15, 0.2) is 126 Å². The molecule has 0 bridgehead atoms. The van der Waals surface area contributed by atoms with Crippen molar-refractivity contribution < 1.29 is 4.42 Å². The Morgan fingerprint density at radius 1 is 0.305 bits per heavy atom. The predicted molar refractivity (Wildman–Crippen MR) is 367 cm³/mol. The molecule has 6 aromatic carbocycles. The molecule has 10 rings (SSSR count). The molecule has 4 heterocycles. The Balaban J connectivity index is 1.15. The average molecular weight is 1140 g/mol. The summed E-state index contributed by atoms with van der Waals surface area (Å²) in [5, 5.41) is 5.04. The molecule has 0 aliphatic heterocycles. The monoisotopic (exact) mass is 1140 g/mol. The number of hydrogen-bond donors (Lipinski definition) is 0. The van der Waals surface area contributed by atoms with E-state index in [0.717, 1.165) is 36.8 Å². The maximum Gasteiger partial charge on any atom is 0.136 e. The van der Waals surface area contributed by atoms with Crippen molar-refractivity contribution in [3.63, 3.8) is 0 Å². The van der Waals surface area contributed by atoms with Gasteiger partial charge in [-0.3, -0.25) is 0 Å². The van der Waals surface area contributed by atoms with E-state index in [1.807, 2.05) is 34.0 Å². The molecule has 4 heteroatoms. The van der Waals surface area contributed by atoms with E-state index < -0.39 is 0 Å². The molecule has 430 valence electrons. The molecular weight excluding hydrogens is 1050 g/mol. The van der Waals surface area contributed by atoms with Gasteiger partial charge in [-0.15, -0.1) is 34.0 Å². The fraction of sp³-hybridized carbons (Fsp3) is 0.436. The summed E-state index contributed by atoms with van der Waals surface area (Å²) in [6.07, 6.45) is 35.8. The van der Waals surface area contributed by atoms with E-state index in [2.05, 4.69) is 163 Å². The van der Waals surface area contributed by atoms with Gasteiger partial charge in [-0.25, -0.2) is 0 Å². The molecule has 1 nitrogen and oxygen atoms in total. The van der Waals surface area contributed by atoms with E-state index in [1.165, 1.54) is 271 Å². The van der Waals surface area contributed by atoms with Gasteiger partial charge >= 0.3 is 0 Å². The maximum atomic E-state index is 6.44. The highest BCUT2D eigenvalue weighted by Gasteiger charge is 2.21. The van der Waals surface area contributed by atoms with Crippen LogP contribution in [0.5, 0.6) is 0 Å². The third-order valence-corrected chi connectivity index (χ3v) is 21.2. The van der Waals surface area contributed by atoms with Crippen molar-refractivity contribution >= 4 is 76.1 Å². The zero-order valence-electron chi connectivity index (χ0n) is 51.0. The molecule has 0 spiro atoms. The van der Waals surface area contributed by atoms with Gasteiger partial charge in [0, 0.05) is 50.5 Å². The van der Waals surface area contributed by atoms with Crippen LogP contribution < -0.4 is 0 Å². The van der Waals surface area contributed by atoms with Crippen molar-refractivity contribution in [1.82, 2.24) is 0 Å². The van der Waals surface area contributed by atoms with Crippen LogP contribution in [-0.4, -0.2) is 0 Å². The fourth-order valence-electron chi connectivity index (χ4n) is 13.0. The highest BCUT2D eigenvalue weighted by Crippen LogP contribution is 2.46. The zero-order valence-corrected chi connectivity index (χ0v) is 53.4. The minimum atomic E-state index is 0.958. The Kier molecular flexibility index (Phi) is 21.9. The molecule has 82 heavy (non-hydrogen) atoms. The van der Waals surface area contributed by atoms with E-state index in [4.69, 9.17) is 4.42 Å². The molecule has 0 N–H and O–H groups in total. The molecule has 0 amide bonds. The molecule has 0 saturated heterocycles. The van der Waals surface area contributed by atoms with Crippen molar-refractivity contribution in [2.75, 3.05) is 0 Å². The molecule has 0 unspecified atom stereocenters. The van der Waals surface area contributed by atoms with Crippen molar-refractivity contribution in [3.8, 4) is 53.6 Å². The lowest BCUT2D eigenvalue weighted by Crippen LogP contribution is -2.00. The lowest BCUT2D eigenvalue weighted by atomic mass is 9.84. The fourth-order valence-corrected chi connectivity index (χ4v) is 16.1. The minimum absolute atomic E-state index is 0.958. The Hall–Kier alpha value is -5.26. The third kappa shape index (κ3) is 15.0. The molecule has 0 aliphatic rings. The first-order valence-corrected chi connectivity index (χ1v) is 35.2. The summed E-state index contributed by atoms with van der Waals surface area (Å²) in [6.45, 7) is 14.0. The van der Waals surface area contributed by atoms with Crippen LogP contribution in [-0.2, 0) is 25.7 Å². The number of para-hydroxylation sites is 1. The smallest absolute Gasteiger partial charge is 0.136 e. The Labute approximate surface area is 506 Å². The number of hydrogen-bond acceptors (Lipinski definition) is 4. The van der Waals surface area contributed by atoms with Crippen LogP contribution in [0.3, 0.4) is 0 Å². The van der Waals surface area contributed by atoms with Crippen molar-refractivity contribution in [3.05, 3.63) is 154 Å². The van der Waals surface area contributed by atoms with Gasteiger partial charge in [0.2, 0.25) is 0 Å². The van der Waals surface area contributed by atoms with Crippen molar-refractivity contribution in [2.24, 2.45) is 0 Å². The third-order valence-electron chi connectivity index (χ3n) is 17.8. The highest BCUT2D eigenvalue weighted by molar-refractivity contribution is 7.26. The molecular formula is C78H94OS3. The summed E-state index contributed by atoms with van der Waals surface area (Å²) in [6, 6.07) is 48.5. The number of rotatable bonds is 33. The van der Waals surface area contributed by atoms with Crippen molar-refractivity contribution in [2.45, 2.75) is 221 Å². The van der Waals surface area contributed by atoms with E-state index in [0.29, 0.717) is 0 Å². The maximum absolute atomic E-state index is 6.44. The summed E-state index contributed by atoms with van der Waals surface area (Å²) in [5.74, 6) is 0. The summed E-state index contributed by atoms with van der Waals surface area (Å²) in [5.41, 5.74) is 19.2. The largest absolute Gasteiger partial charge is 0.456 e. The Bertz CT molecular complexity index is 3640. The number of thiophene rings is 3. The second-order valence-corrected chi connectivity index (χ2v) is 27.8. The van der Waals surface area contributed by atoms with E-state index in [-0.39, 0.29) is 0 Å². The number of benzene rings is 6. The first-order chi connectivity index (χ1) is 40.3. The van der Waals surface area contributed by atoms with Crippen LogP contribution in [0, 0.1) is 13.8 Å². The average Bonchev–Trinajstić information content (AvgIpc) is 4.39. The summed E-state index contributed by atoms with van der Waals surface area (Å²) in [7, 11) is 0. The van der Waals surface area contributed by atoms with Gasteiger partial charge in [-0.05, 0) is 211 Å². The van der Waals surface area contributed by atoms with E-state index in [9.17, 15) is 0 Å². The summed E-state index contributed by atoms with van der Waals surface area (Å²) < 4.78 is 9.05. The second-order valence-electron chi connectivity index (χ2n) is 24.3. The zero-order chi connectivity index (χ0) is 56.6. The first kappa shape index (κ1) is 59.9. The standard InChI is InChI=1S/C78H94OS3/c1-7-11-15-19-23-27-33-57-49-66(59(45-55(57)5)34-28-24-20-16-12-8-2)63-46-62(58-40-42-75-70(50-58)71-53-69-65-37-31-32-38-72(65)79-73(69)54-78(71)82-75)47-64(48-63)67-51-61(36-30-26-22-18-14-10-4)68(52-60(67)35-29-25-21-17-13-9-3)74-43-44-77(81-74)76-41-39-56(6)80-76/h31-32,37-54H,7-30,33-36H2,1-6H3. The van der Waals surface area contributed by atoms with Crippen LogP contribution in [0.25, 0.3) is 95.7 Å². The SMILES string of the molecule is CCCCCCCCc1cc(-c2cc(-c3ccc4sc5cc6oc7ccccc7c6cc5c4c3)cc(-c3cc(CCCCCCCC)c(-c4ccc(-c5ccc(C)s5)s4)cc3CCCCCCCC)c2)c(CCCCCCCC)cc1C. The molecule has 0 radical (unpaired) electrons. The van der Waals surface area contributed by atoms with Crippen molar-refractivity contribution in [1.29, 1.82) is 0 Å². The molecule has 10 aromatic rings. The van der Waals surface area contributed by atoms with E-state index in [1.54, 1.807) is 0 Å². The summed E-state index contributed by atoms with van der Waals surface area (Å²) >= 11 is 5.82. The quantitative estimate of drug-likeness (QED) is 0.0374. The Morgan fingerprint density at radius 3 is 1.40 bits per heavy atom. The van der Waals surface area contributed by atoms with Crippen LogP contribution in [0.4, 0.5) is 0 Å². The topological polar surface area (TPSA) is 13.1 Å². The minimum Gasteiger partial charge on any atom is -0.456 e. The number of furan rings is 1. The lowest BCUT2D eigenvalue weighted by Gasteiger charge is -2.20. The number of unbranched alkanes of at least 4 members (excludes halogenated alkanes) is 20. The van der Waals surface area contributed by atoms with Gasteiger partial charge in [-0.1, -0.05) is 199 Å². The van der Waals surface area contributed by atoms with Gasteiger partial charge in [-0.2, -0.15) is 0 Å². The van der Waals surface area contributed by atoms with Crippen LogP contribution in [0.2, 0.25) is 0 Å². The molecule has 0 fully saturated rings. The normalized spacial score (nSPS) is 11.9. The van der Waals surface area contributed by atoms with Crippen LogP contribution >= 0.6 is 34.0 Å². The van der Waals surface area contributed by atoms with Gasteiger partial charge in [0.1, 0.15) is 11.2 Å². The van der Waals surface area contributed by atoms with E-state index >= 15 is 0 Å². The van der Waals surface area contributed by atoms with Gasteiger partial charge in [0.15, 0.2) is 0 Å². The first-order valence-electron chi connectivity index (χ1n) is 32.7. The molecule has 0 aliphatic carbocycles. The van der Waals surface area contributed by atoms with Crippen LogP contribution in [0.1, 0.15) is 214 Å². The van der Waals surface area contributed by atoms with Gasteiger partial charge in [0.25, 0.3) is 0 Å². The lowest BCUT2D eigenvalue weighted by molar-refractivity contribution is 0.605. The predicted octanol–water partition coefficient (Wildman–Crippen LogP) is 26.6. The second kappa shape index (κ2) is 30.0. The Morgan fingerprint density at radius 2 is 0.793 bits per heavy atom. The van der Waals surface area contributed by atoms with Gasteiger partial charge < -0.3 is 4.42 Å². The number of fused-ring (bicyclic) bond motifs is 6. The molecule has 4 aromatic heterocycles. The number of aryl methyl sites for hydroxylation is 6.